The first-order valence-corrected chi connectivity index (χ1v) is 5.66. The van der Waals surface area contributed by atoms with Crippen molar-refractivity contribution in [1.29, 1.82) is 0 Å². The van der Waals surface area contributed by atoms with E-state index < -0.39 is 0 Å². The Balaban J connectivity index is 2.30. The lowest BCUT2D eigenvalue weighted by atomic mass is 10.2. The first-order chi connectivity index (χ1) is 7.27. The van der Waals surface area contributed by atoms with Gasteiger partial charge in [-0.1, -0.05) is 19.8 Å². The Morgan fingerprint density at radius 2 is 2.07 bits per heavy atom. The molecule has 0 saturated heterocycles. The van der Waals surface area contributed by atoms with Gasteiger partial charge in [0.15, 0.2) is 0 Å². The average molecular weight is 212 g/mol. The van der Waals surface area contributed by atoms with Crippen LogP contribution in [0.2, 0.25) is 0 Å². The van der Waals surface area contributed by atoms with Gasteiger partial charge in [0.05, 0.1) is 19.8 Å². The number of esters is 1. The van der Waals surface area contributed by atoms with Crippen LogP contribution in [0.1, 0.15) is 39.0 Å². The van der Waals surface area contributed by atoms with Gasteiger partial charge in [-0.3, -0.25) is 0 Å². The molecule has 86 valence electrons. The quantitative estimate of drug-likeness (QED) is 0.518. The van der Waals surface area contributed by atoms with E-state index in [0.29, 0.717) is 24.7 Å². The molecule has 0 unspecified atom stereocenters. The normalized spacial score (nSPS) is 18.1. The molecule has 3 nitrogen and oxygen atoms in total. The highest BCUT2D eigenvalue weighted by Crippen LogP contribution is 2.20. The minimum Gasteiger partial charge on any atom is -0.466 e. The molecule has 3 heteroatoms. The Labute approximate surface area is 91.4 Å². The van der Waals surface area contributed by atoms with Crippen LogP contribution < -0.4 is 0 Å². The summed E-state index contributed by atoms with van der Waals surface area (Å²) in [7, 11) is 1.41. The van der Waals surface area contributed by atoms with Crippen molar-refractivity contribution < 1.29 is 14.3 Å². The van der Waals surface area contributed by atoms with E-state index >= 15 is 0 Å². The van der Waals surface area contributed by atoms with Gasteiger partial charge in [-0.25, -0.2) is 4.79 Å². The van der Waals surface area contributed by atoms with Gasteiger partial charge in [0.2, 0.25) is 0 Å². The lowest BCUT2D eigenvalue weighted by Crippen LogP contribution is -2.09. The molecule has 0 spiro atoms. The summed E-state index contributed by atoms with van der Waals surface area (Å²) in [6.07, 6.45) is 7.79. The number of methoxy groups -OCH3 is 1. The Kier molecular flexibility index (Phi) is 5.40. The first-order valence-electron chi connectivity index (χ1n) is 5.66. The summed E-state index contributed by atoms with van der Waals surface area (Å²) < 4.78 is 10.3. The summed E-state index contributed by atoms with van der Waals surface area (Å²) in [5.74, 6) is -0.243. The number of carbonyl (C=O) groups excluding carboxylic acids is 1. The van der Waals surface area contributed by atoms with Crippen LogP contribution in [0.5, 0.6) is 0 Å². The van der Waals surface area contributed by atoms with Gasteiger partial charge in [0.25, 0.3) is 0 Å². The second-order valence-corrected chi connectivity index (χ2v) is 3.81. The molecule has 0 aromatic rings. The molecular weight excluding hydrogens is 192 g/mol. The minimum atomic E-state index is -0.243. The predicted octanol–water partition coefficient (Wildman–Crippen LogP) is 2.46. The van der Waals surface area contributed by atoms with Gasteiger partial charge in [0.1, 0.15) is 0 Å². The molecule has 1 aliphatic carbocycles. The van der Waals surface area contributed by atoms with Crippen LogP contribution in [0.3, 0.4) is 0 Å². The zero-order valence-corrected chi connectivity index (χ0v) is 9.62. The van der Waals surface area contributed by atoms with Crippen LogP contribution >= 0.6 is 0 Å². The highest BCUT2D eigenvalue weighted by atomic mass is 16.5. The van der Waals surface area contributed by atoms with Crippen molar-refractivity contribution in [3.8, 4) is 0 Å². The Bertz CT molecular complexity index is 227. The molecule has 0 aromatic carbocycles. The van der Waals surface area contributed by atoms with Gasteiger partial charge >= 0.3 is 5.97 Å². The van der Waals surface area contributed by atoms with Crippen molar-refractivity contribution >= 4 is 5.97 Å². The van der Waals surface area contributed by atoms with Gasteiger partial charge < -0.3 is 9.47 Å². The zero-order valence-electron chi connectivity index (χ0n) is 9.62. The smallest absolute Gasteiger partial charge is 0.333 e. The lowest BCUT2D eigenvalue weighted by Gasteiger charge is -2.09. The molecule has 0 aromatic heterocycles. The van der Waals surface area contributed by atoms with Gasteiger partial charge in [-0.15, -0.1) is 0 Å². The molecule has 1 aliphatic rings. The molecule has 0 atom stereocenters. The lowest BCUT2D eigenvalue weighted by molar-refractivity contribution is -0.136. The fourth-order valence-electron chi connectivity index (χ4n) is 1.84. The summed E-state index contributed by atoms with van der Waals surface area (Å²) in [6.45, 7) is 2.47. The summed E-state index contributed by atoms with van der Waals surface area (Å²) in [5.41, 5.74) is 0.704. The highest BCUT2D eigenvalue weighted by molar-refractivity contribution is 5.88. The van der Waals surface area contributed by atoms with Crippen LogP contribution in [0.4, 0.5) is 0 Å². The van der Waals surface area contributed by atoms with E-state index in [9.17, 15) is 4.79 Å². The van der Waals surface area contributed by atoms with E-state index in [4.69, 9.17) is 4.74 Å². The zero-order chi connectivity index (χ0) is 11.1. The van der Waals surface area contributed by atoms with E-state index in [0.717, 1.165) is 12.8 Å². The average Bonchev–Trinajstić information content (AvgIpc) is 2.76. The molecule has 0 heterocycles. The number of carbonyl (C=O) groups is 1. The standard InChI is InChI=1S/C12H20O3/c1-3-10(12(13)14-2)8-9-15-11-6-4-5-7-11/h8,11H,3-7,9H2,1-2H3. The highest BCUT2D eigenvalue weighted by Gasteiger charge is 2.14. The fourth-order valence-corrected chi connectivity index (χ4v) is 1.84. The Morgan fingerprint density at radius 3 is 2.60 bits per heavy atom. The molecule has 0 bridgehead atoms. The molecular formula is C12H20O3. The second kappa shape index (κ2) is 6.62. The number of hydrogen-bond acceptors (Lipinski definition) is 3. The fraction of sp³-hybridized carbons (Fsp3) is 0.750. The summed E-state index contributed by atoms with van der Waals surface area (Å²) in [4.78, 5) is 11.2. The maximum absolute atomic E-state index is 11.2. The molecule has 15 heavy (non-hydrogen) atoms. The number of ether oxygens (including phenoxy) is 2. The maximum atomic E-state index is 11.2. The Hall–Kier alpha value is -0.830. The van der Waals surface area contributed by atoms with Crippen molar-refractivity contribution in [2.75, 3.05) is 13.7 Å². The van der Waals surface area contributed by atoms with Crippen molar-refractivity contribution in [3.63, 3.8) is 0 Å². The first kappa shape index (κ1) is 12.2. The van der Waals surface area contributed by atoms with Crippen LogP contribution in [-0.2, 0) is 14.3 Å². The van der Waals surface area contributed by atoms with E-state index in [-0.39, 0.29) is 5.97 Å². The number of hydrogen-bond donors (Lipinski definition) is 0. The third kappa shape index (κ3) is 4.04. The summed E-state index contributed by atoms with van der Waals surface area (Å²) in [5, 5.41) is 0. The molecule has 0 N–H and O–H groups in total. The second-order valence-electron chi connectivity index (χ2n) is 3.81. The van der Waals surface area contributed by atoms with Gasteiger partial charge in [0, 0.05) is 5.57 Å². The van der Waals surface area contributed by atoms with Crippen molar-refractivity contribution in [2.45, 2.75) is 45.1 Å². The molecule has 1 fully saturated rings. The van der Waals surface area contributed by atoms with Crippen molar-refractivity contribution in [3.05, 3.63) is 11.6 Å². The SMILES string of the molecule is CCC(=CCOC1CCCC1)C(=O)OC. The van der Waals surface area contributed by atoms with Gasteiger partial charge in [-0.2, -0.15) is 0 Å². The van der Waals surface area contributed by atoms with Crippen LogP contribution in [0.15, 0.2) is 11.6 Å². The molecule has 0 amide bonds. The molecule has 0 radical (unpaired) electrons. The largest absolute Gasteiger partial charge is 0.466 e. The van der Waals surface area contributed by atoms with E-state index in [1.54, 1.807) is 0 Å². The topological polar surface area (TPSA) is 35.5 Å². The minimum absolute atomic E-state index is 0.243. The van der Waals surface area contributed by atoms with Crippen LogP contribution in [0, 0.1) is 0 Å². The van der Waals surface area contributed by atoms with Crippen LogP contribution in [0.25, 0.3) is 0 Å². The molecule has 1 saturated carbocycles. The van der Waals surface area contributed by atoms with Crippen molar-refractivity contribution in [1.82, 2.24) is 0 Å². The predicted molar refractivity (Wildman–Crippen MR) is 58.6 cm³/mol. The van der Waals surface area contributed by atoms with E-state index in [1.807, 2.05) is 13.0 Å². The monoisotopic (exact) mass is 212 g/mol. The summed E-state index contributed by atoms with van der Waals surface area (Å²) in [6, 6.07) is 0. The van der Waals surface area contributed by atoms with E-state index in [2.05, 4.69) is 4.74 Å². The maximum Gasteiger partial charge on any atom is 0.333 e. The molecule has 1 rings (SSSR count). The number of rotatable bonds is 5. The van der Waals surface area contributed by atoms with E-state index in [1.165, 1.54) is 20.0 Å². The third-order valence-electron chi connectivity index (χ3n) is 2.79. The van der Waals surface area contributed by atoms with Crippen LogP contribution in [-0.4, -0.2) is 25.8 Å². The molecule has 0 aliphatic heterocycles. The summed E-state index contributed by atoms with van der Waals surface area (Å²) >= 11 is 0. The van der Waals surface area contributed by atoms with Crippen molar-refractivity contribution in [2.24, 2.45) is 0 Å². The third-order valence-corrected chi connectivity index (χ3v) is 2.79. The van der Waals surface area contributed by atoms with Gasteiger partial charge in [-0.05, 0) is 25.3 Å². The Morgan fingerprint density at radius 1 is 1.40 bits per heavy atom.